The van der Waals surface area contributed by atoms with E-state index >= 15 is 0 Å². The van der Waals surface area contributed by atoms with E-state index in [-0.39, 0.29) is 28.0 Å². The van der Waals surface area contributed by atoms with E-state index in [1.165, 1.54) is 148 Å². The predicted molar refractivity (Wildman–Crippen MR) is 297 cm³/mol. The van der Waals surface area contributed by atoms with Crippen molar-refractivity contribution in [2.45, 2.75) is 241 Å². The molecule has 0 heterocycles. The molecule has 0 amide bonds. The van der Waals surface area contributed by atoms with Crippen molar-refractivity contribution in [1.29, 1.82) is 0 Å². The second-order valence-corrected chi connectivity index (χ2v) is 26.1. The summed E-state index contributed by atoms with van der Waals surface area (Å²) in [6.45, 7) is 23.0. The average Bonchev–Trinajstić information content (AvgIpc) is 3.30. The topological polar surface area (TPSA) is 65.2 Å². The fourth-order valence-electron chi connectivity index (χ4n) is 8.89. The van der Waals surface area contributed by atoms with Crippen LogP contribution in [0.25, 0.3) is 10.8 Å². The van der Waals surface area contributed by atoms with Crippen molar-refractivity contribution in [2.24, 2.45) is 9.98 Å². The molecular weight excluding hydrogens is 879 g/mol. The number of rotatable bonds is 31. The number of hydrogen-bond acceptors (Lipinski definition) is 4. The van der Waals surface area contributed by atoms with Gasteiger partial charge in [-0.2, -0.15) is 0 Å². The number of phenols is 2. The van der Waals surface area contributed by atoms with E-state index in [0.29, 0.717) is 5.39 Å². The van der Waals surface area contributed by atoms with Crippen LogP contribution in [-0.2, 0) is 55.0 Å². The van der Waals surface area contributed by atoms with Gasteiger partial charge < -0.3 is 10.2 Å². The normalized spacial score (nSPS) is 12.0. The third-order valence-corrected chi connectivity index (χ3v) is 14.9. The summed E-state index contributed by atoms with van der Waals surface area (Å²) in [5.74, 6) is 0.453. The number of benzene rings is 4. The van der Waals surface area contributed by atoms with Crippen LogP contribution in [0.15, 0.2) is 70.6 Å². The van der Waals surface area contributed by atoms with E-state index in [4.69, 9.17) is 9.98 Å². The molecule has 4 rings (SSSR count). The number of hydrogen-bond donors (Lipinski definition) is 2. The molecule has 0 aliphatic heterocycles. The van der Waals surface area contributed by atoms with Gasteiger partial charge in [0, 0.05) is 24.6 Å². The van der Waals surface area contributed by atoms with Crippen molar-refractivity contribution in [3.8, 4) is 11.5 Å². The van der Waals surface area contributed by atoms with Gasteiger partial charge in [0.05, 0.1) is 28.2 Å². The maximum absolute atomic E-state index is 10.6. The summed E-state index contributed by atoms with van der Waals surface area (Å²) in [6.07, 6.45) is 31.0. The predicted octanol–water partition coefficient (Wildman–Crippen LogP) is 19.3. The van der Waals surface area contributed by atoms with Crippen molar-refractivity contribution >= 4 is 41.6 Å². The zero-order valence-corrected chi connectivity index (χ0v) is 46.5. The van der Waals surface area contributed by atoms with E-state index in [0.717, 1.165) is 86.2 Å². The average molecular weight is 976 g/mol. The van der Waals surface area contributed by atoms with Crippen LogP contribution in [0.3, 0.4) is 0 Å². The first-order valence-electron chi connectivity index (χ1n) is 27.3. The van der Waals surface area contributed by atoms with Crippen LogP contribution in [0.5, 0.6) is 11.5 Å². The molecule has 376 valence electrons. The second kappa shape index (κ2) is 34.1. The van der Waals surface area contributed by atoms with Crippen LogP contribution >= 0.6 is 0 Å². The molecule has 0 bridgehead atoms. The summed E-state index contributed by atoms with van der Waals surface area (Å²) in [7, 11) is -1.16. The van der Waals surface area contributed by atoms with Gasteiger partial charge in [-0.3, -0.25) is 9.98 Å². The Balaban J connectivity index is 0.000000559. The molecule has 0 saturated heterocycles. The Morgan fingerprint density at radius 2 is 0.866 bits per heavy atom. The Hall–Kier alpha value is -3.21. The quantitative estimate of drug-likeness (QED) is 0.0300. The number of nitrogens with zero attached hydrogens (tertiary/aromatic N) is 2. The second-order valence-electron chi connectivity index (χ2n) is 20.5. The Morgan fingerprint density at radius 3 is 1.34 bits per heavy atom. The van der Waals surface area contributed by atoms with Gasteiger partial charge in [0.25, 0.3) is 0 Å². The minimum Gasteiger partial charge on any atom is -0.507 e. The number of aliphatic imine (C=N–C) groups is 2. The first-order valence-corrected chi connectivity index (χ1v) is 31.0. The molecule has 0 spiro atoms. The molecule has 6 heteroatoms. The molecule has 4 nitrogen and oxygen atoms in total. The van der Waals surface area contributed by atoms with E-state index in [9.17, 15) is 10.2 Å². The van der Waals surface area contributed by atoms with Crippen LogP contribution in [-0.4, -0.2) is 29.7 Å². The zero-order valence-electron chi connectivity index (χ0n) is 44.5. The van der Waals surface area contributed by atoms with Crippen molar-refractivity contribution in [3.05, 3.63) is 94.0 Å². The number of phenolic OH excluding ortho intramolecular Hbond substituents is 2. The number of unbranched alkanes of at least 4 members (excludes halogenated alkanes) is 11. The van der Waals surface area contributed by atoms with Gasteiger partial charge in [0.2, 0.25) is 0 Å². The largest absolute Gasteiger partial charge is 0.507 e. The van der Waals surface area contributed by atoms with Crippen LogP contribution in [0.1, 0.15) is 210 Å². The van der Waals surface area contributed by atoms with Crippen molar-refractivity contribution < 1.29 is 26.7 Å². The van der Waals surface area contributed by atoms with Gasteiger partial charge in [0.1, 0.15) is 11.5 Å². The Labute approximate surface area is 422 Å². The minimum atomic E-state index is -1.16. The van der Waals surface area contributed by atoms with Crippen molar-refractivity contribution in [1.82, 2.24) is 0 Å². The van der Waals surface area contributed by atoms with E-state index in [1.54, 1.807) is 6.07 Å². The molecular formula is C61H96N2NiO2Si. The number of aromatic hydroxyl groups is 2. The third kappa shape index (κ3) is 22.0. The summed E-state index contributed by atoms with van der Waals surface area (Å²) < 4.78 is 0. The maximum atomic E-state index is 10.6. The van der Waals surface area contributed by atoms with E-state index < -0.39 is 8.07 Å². The van der Waals surface area contributed by atoms with Gasteiger partial charge in [-0.05, 0) is 165 Å². The van der Waals surface area contributed by atoms with Crippen LogP contribution in [0, 0.1) is 0 Å². The molecule has 0 aromatic heterocycles. The Kier molecular flexibility index (Phi) is 30.5. The maximum Gasteiger partial charge on any atom is 0.130 e. The third-order valence-electron chi connectivity index (χ3n) is 13.2. The molecule has 0 aliphatic carbocycles. The molecule has 0 aliphatic rings. The van der Waals surface area contributed by atoms with Crippen molar-refractivity contribution in [3.63, 3.8) is 0 Å². The number of aryl methyl sites for hydroxylation is 6. The monoisotopic (exact) mass is 975 g/mol. The molecule has 4 aromatic carbocycles. The standard InChI is InChI=1S/C42H68N2.C19H28O2Si.Ni/c1-7-13-19-20-21-22-28-42(44-40-32-30-36(24-15-9-3)38(34-40)26-17-11-5)41(27-18-12-6)43-39-31-29-35(23-14-8-2)37(33-39)25-16-10-4;1-5-6-8-14-13-15(11-12-22(2,3)4)19(21)18-16(14)9-7-10-17(18)20;/h29-34H,7-28H2,1-6H3;7,9-10,13,20-21H,5-6,8,11-12H2,1-4H3;. The van der Waals surface area contributed by atoms with Crippen LogP contribution < -0.4 is 0 Å². The molecule has 0 radical (unpaired) electrons. The van der Waals surface area contributed by atoms with Gasteiger partial charge in [0.15, 0.2) is 0 Å². The Bertz CT molecular complexity index is 2050. The number of fused-ring (bicyclic) bond motifs is 1. The summed E-state index contributed by atoms with van der Waals surface area (Å²) in [5, 5.41) is 22.5. The van der Waals surface area contributed by atoms with Gasteiger partial charge in [-0.15, -0.1) is 0 Å². The molecule has 0 saturated carbocycles. The summed E-state index contributed by atoms with van der Waals surface area (Å²) in [4.78, 5) is 10.9. The summed E-state index contributed by atoms with van der Waals surface area (Å²) in [6, 6.07) is 22.9. The molecule has 0 fully saturated rings. The van der Waals surface area contributed by atoms with Gasteiger partial charge >= 0.3 is 0 Å². The first-order chi connectivity index (χ1) is 31.9. The van der Waals surface area contributed by atoms with E-state index in [1.807, 2.05) is 12.1 Å². The fraction of sp³-hybridized carbons (Fsp3) is 0.607. The van der Waals surface area contributed by atoms with Crippen LogP contribution in [0.2, 0.25) is 25.7 Å². The molecule has 0 unspecified atom stereocenters. The minimum absolute atomic E-state index is 0. The molecule has 2 N–H and O–H groups in total. The first kappa shape index (κ1) is 59.9. The summed E-state index contributed by atoms with van der Waals surface area (Å²) >= 11 is 0. The molecule has 0 atom stereocenters. The van der Waals surface area contributed by atoms with E-state index in [2.05, 4.69) is 111 Å². The SMILES string of the molecule is CCCCCCCCC(=Nc1ccc(CCCC)c(CCCC)c1)C(CCCC)=Nc1ccc(CCCC)c(CCCC)c1.CCCCc1cc(CC[Si](C)(C)C)c(O)c2c(O)cccc12.[Ni]. The summed E-state index contributed by atoms with van der Waals surface area (Å²) in [5.41, 5.74) is 13.0. The molecule has 67 heavy (non-hydrogen) atoms. The van der Waals surface area contributed by atoms with Crippen LogP contribution in [0.4, 0.5) is 11.4 Å². The van der Waals surface area contributed by atoms with Gasteiger partial charge in [-0.1, -0.05) is 175 Å². The van der Waals surface area contributed by atoms with Crippen molar-refractivity contribution in [2.75, 3.05) is 0 Å². The molecule has 4 aromatic rings. The zero-order chi connectivity index (χ0) is 48.2. The van der Waals surface area contributed by atoms with Gasteiger partial charge in [-0.25, -0.2) is 0 Å². The Morgan fingerprint density at radius 1 is 0.433 bits per heavy atom. The fourth-order valence-corrected chi connectivity index (χ4v) is 9.91. The smallest absolute Gasteiger partial charge is 0.130 e.